The van der Waals surface area contributed by atoms with E-state index in [4.69, 9.17) is 5.10 Å². The number of hydrogen-bond donors (Lipinski definition) is 1. The lowest BCUT2D eigenvalue weighted by atomic mass is 9.54. The third kappa shape index (κ3) is 1.47. The molecule has 0 radical (unpaired) electrons. The molecule has 3 nitrogen and oxygen atoms in total. The van der Waals surface area contributed by atoms with Gasteiger partial charge >= 0.3 is 0 Å². The van der Waals surface area contributed by atoms with E-state index in [1.807, 2.05) is 0 Å². The number of nitrogens with one attached hydrogen (secondary N) is 1. The van der Waals surface area contributed by atoms with Gasteiger partial charge in [0.25, 0.3) is 0 Å². The highest BCUT2D eigenvalue weighted by molar-refractivity contribution is 5.28. The van der Waals surface area contributed by atoms with Crippen LogP contribution >= 0.6 is 0 Å². The Morgan fingerprint density at radius 3 is 2.45 bits per heavy atom. The summed E-state index contributed by atoms with van der Waals surface area (Å²) in [6.45, 7) is 0. The van der Waals surface area contributed by atoms with Gasteiger partial charge in [-0.1, -0.05) is 0 Å². The zero-order chi connectivity index (χ0) is 13.3. The molecule has 0 amide bonds. The molecule has 0 spiro atoms. The van der Waals surface area contributed by atoms with Gasteiger partial charge in [0.2, 0.25) is 0 Å². The summed E-state index contributed by atoms with van der Waals surface area (Å²) in [5.74, 6) is 3.96. The second kappa shape index (κ2) is 4.09. The van der Waals surface area contributed by atoms with Crippen molar-refractivity contribution in [3.63, 3.8) is 0 Å². The van der Waals surface area contributed by atoms with E-state index in [9.17, 15) is 0 Å². The molecule has 4 bridgehead atoms. The topological polar surface area (TPSA) is 29.9 Å². The molecule has 0 aromatic carbocycles. The molecule has 1 unspecified atom stereocenters. The number of rotatable bonds is 2. The molecule has 6 rings (SSSR count). The maximum absolute atomic E-state index is 4.86. The predicted molar refractivity (Wildman–Crippen MR) is 78.4 cm³/mol. The summed E-state index contributed by atoms with van der Waals surface area (Å²) in [7, 11) is 2.11. The van der Waals surface area contributed by atoms with Gasteiger partial charge < -0.3 is 5.32 Å². The van der Waals surface area contributed by atoms with Crippen LogP contribution < -0.4 is 5.32 Å². The van der Waals surface area contributed by atoms with E-state index in [1.54, 1.807) is 0 Å². The Hall–Kier alpha value is -0.830. The molecule has 20 heavy (non-hydrogen) atoms. The lowest BCUT2D eigenvalue weighted by molar-refractivity contribution is -0.0350. The van der Waals surface area contributed by atoms with E-state index in [0.717, 1.165) is 29.7 Å². The van der Waals surface area contributed by atoms with Crippen LogP contribution in [0.2, 0.25) is 0 Å². The Balaban J connectivity index is 1.55. The van der Waals surface area contributed by atoms with Crippen molar-refractivity contribution >= 4 is 0 Å². The largest absolute Gasteiger partial charge is 0.312 e. The van der Waals surface area contributed by atoms with Crippen molar-refractivity contribution in [2.75, 3.05) is 7.05 Å². The first-order chi connectivity index (χ1) is 9.83. The fraction of sp³-hybridized carbons (Fsp3) is 0.824. The molecule has 1 aromatic heterocycles. The Morgan fingerprint density at radius 1 is 1.10 bits per heavy atom. The van der Waals surface area contributed by atoms with Crippen LogP contribution in [0, 0.1) is 23.7 Å². The van der Waals surface area contributed by atoms with Crippen LogP contribution in [0.25, 0.3) is 0 Å². The van der Waals surface area contributed by atoms with Crippen molar-refractivity contribution in [3.8, 4) is 0 Å². The van der Waals surface area contributed by atoms with Gasteiger partial charge in [-0.3, -0.25) is 4.68 Å². The van der Waals surface area contributed by atoms with Crippen molar-refractivity contribution in [2.24, 2.45) is 23.7 Å². The monoisotopic (exact) mass is 271 g/mol. The molecule has 1 atom stereocenters. The molecule has 1 aromatic rings. The van der Waals surface area contributed by atoms with Crippen LogP contribution in [0.15, 0.2) is 6.20 Å². The molecule has 1 N–H and O–H groups in total. The highest BCUT2D eigenvalue weighted by Gasteiger charge is 2.50. The van der Waals surface area contributed by atoms with Gasteiger partial charge in [0.15, 0.2) is 0 Å². The van der Waals surface area contributed by atoms with Crippen molar-refractivity contribution in [1.82, 2.24) is 15.1 Å². The average Bonchev–Trinajstić information content (AvgIpc) is 3.00. The second-order valence-corrected chi connectivity index (χ2v) is 7.80. The maximum Gasteiger partial charge on any atom is 0.0589 e. The average molecular weight is 271 g/mol. The van der Waals surface area contributed by atoms with Gasteiger partial charge in [-0.05, 0) is 81.2 Å². The second-order valence-electron chi connectivity index (χ2n) is 7.80. The summed E-state index contributed by atoms with van der Waals surface area (Å²) in [4.78, 5) is 0. The van der Waals surface area contributed by atoms with Crippen LogP contribution in [0.4, 0.5) is 0 Å². The summed E-state index contributed by atoms with van der Waals surface area (Å²) >= 11 is 0. The third-order valence-corrected chi connectivity index (χ3v) is 6.75. The Morgan fingerprint density at radius 2 is 1.80 bits per heavy atom. The summed E-state index contributed by atoms with van der Waals surface area (Å²) in [6.07, 6.45) is 12.1. The first kappa shape index (κ1) is 11.8. The number of fused-ring (bicyclic) bond motifs is 1. The minimum absolute atomic E-state index is 0.546. The van der Waals surface area contributed by atoms with Gasteiger partial charge in [-0.25, -0.2) is 0 Å². The molecule has 0 aliphatic heterocycles. The number of aryl methyl sites for hydroxylation is 1. The van der Waals surface area contributed by atoms with Gasteiger partial charge in [-0.15, -0.1) is 0 Å². The molecule has 5 aliphatic carbocycles. The van der Waals surface area contributed by atoms with Gasteiger partial charge in [0, 0.05) is 6.04 Å². The van der Waals surface area contributed by atoms with E-state index in [-0.39, 0.29) is 0 Å². The fourth-order valence-corrected chi connectivity index (χ4v) is 6.23. The summed E-state index contributed by atoms with van der Waals surface area (Å²) in [5.41, 5.74) is 3.04. The van der Waals surface area contributed by atoms with E-state index in [0.29, 0.717) is 6.04 Å². The molecule has 0 saturated heterocycles. The van der Waals surface area contributed by atoms with Crippen LogP contribution in [-0.4, -0.2) is 16.8 Å². The Bertz CT molecular complexity index is 504. The minimum Gasteiger partial charge on any atom is -0.312 e. The third-order valence-electron chi connectivity index (χ3n) is 6.75. The highest BCUT2D eigenvalue weighted by Crippen LogP contribution is 2.58. The Kier molecular flexibility index (Phi) is 2.41. The maximum atomic E-state index is 4.86. The van der Waals surface area contributed by atoms with Gasteiger partial charge in [0.05, 0.1) is 17.9 Å². The summed E-state index contributed by atoms with van der Waals surface area (Å²) < 4.78 is 2.48. The molecule has 4 fully saturated rings. The molecule has 4 saturated carbocycles. The van der Waals surface area contributed by atoms with Crippen LogP contribution in [0.5, 0.6) is 0 Å². The van der Waals surface area contributed by atoms with Crippen molar-refractivity contribution < 1.29 is 0 Å². The predicted octanol–water partition coefficient (Wildman–Crippen LogP) is 3.09. The molecular formula is C17H25N3. The summed E-state index contributed by atoms with van der Waals surface area (Å²) in [5, 5.41) is 8.37. The molecule has 5 aliphatic rings. The normalized spacial score (nSPS) is 45.0. The summed E-state index contributed by atoms with van der Waals surface area (Å²) in [6, 6.07) is 1.27. The minimum atomic E-state index is 0.546. The van der Waals surface area contributed by atoms with E-state index in [2.05, 4.69) is 23.2 Å². The first-order valence-electron chi connectivity index (χ1n) is 8.57. The first-order valence-corrected chi connectivity index (χ1v) is 8.57. The standard InChI is InChI=1S/C17H25N3/c1-18-15-3-2-12-9-19-20(17(12)15)16-13-5-10-4-11(7-13)8-14(16)6-10/h9-11,13-16,18H,2-8H2,1H3. The zero-order valence-electron chi connectivity index (χ0n) is 12.4. The van der Waals surface area contributed by atoms with Crippen LogP contribution in [0.3, 0.4) is 0 Å². The molecular weight excluding hydrogens is 246 g/mol. The Labute approximate surface area is 121 Å². The number of aromatic nitrogens is 2. The number of nitrogens with zero attached hydrogens (tertiary/aromatic N) is 2. The van der Waals surface area contributed by atoms with Crippen LogP contribution in [0.1, 0.15) is 61.9 Å². The lowest BCUT2D eigenvalue weighted by Gasteiger charge is -2.54. The van der Waals surface area contributed by atoms with Crippen molar-refractivity contribution in [3.05, 3.63) is 17.5 Å². The lowest BCUT2D eigenvalue weighted by Crippen LogP contribution is -2.46. The van der Waals surface area contributed by atoms with Gasteiger partial charge in [0.1, 0.15) is 0 Å². The van der Waals surface area contributed by atoms with E-state index in [1.165, 1.54) is 56.2 Å². The molecule has 108 valence electrons. The molecule has 1 heterocycles. The quantitative estimate of drug-likeness (QED) is 0.896. The van der Waals surface area contributed by atoms with E-state index < -0.39 is 0 Å². The highest BCUT2D eigenvalue weighted by atomic mass is 15.3. The number of hydrogen-bond acceptors (Lipinski definition) is 2. The van der Waals surface area contributed by atoms with Crippen molar-refractivity contribution in [2.45, 2.75) is 57.0 Å². The van der Waals surface area contributed by atoms with E-state index >= 15 is 0 Å². The van der Waals surface area contributed by atoms with Crippen LogP contribution in [-0.2, 0) is 6.42 Å². The fourth-order valence-electron chi connectivity index (χ4n) is 6.23. The van der Waals surface area contributed by atoms with Gasteiger partial charge in [-0.2, -0.15) is 5.10 Å². The molecule has 3 heteroatoms. The zero-order valence-corrected chi connectivity index (χ0v) is 12.4. The smallest absolute Gasteiger partial charge is 0.0589 e. The SMILES string of the molecule is CNC1CCc2cnn(C3C4CC5CC(C4)CC3C5)c21. The van der Waals surface area contributed by atoms with Crippen molar-refractivity contribution in [1.29, 1.82) is 0 Å².